The third-order valence-corrected chi connectivity index (χ3v) is 9.48. The zero-order valence-electron chi connectivity index (χ0n) is 23.7. The van der Waals surface area contributed by atoms with E-state index in [1.54, 1.807) is 19.9 Å². The van der Waals surface area contributed by atoms with Crippen molar-refractivity contribution in [3.05, 3.63) is 75.2 Å². The van der Waals surface area contributed by atoms with Crippen LogP contribution in [0.3, 0.4) is 0 Å². The lowest BCUT2D eigenvalue weighted by molar-refractivity contribution is 0.145. The lowest BCUT2D eigenvalue weighted by Crippen LogP contribution is -2.19. The predicted molar refractivity (Wildman–Crippen MR) is 164 cm³/mol. The summed E-state index contributed by atoms with van der Waals surface area (Å²) in [7, 11) is -3.07. The maximum atomic E-state index is 12.6. The monoisotopic (exact) mass is 642 g/mol. The van der Waals surface area contributed by atoms with Crippen LogP contribution in [-0.4, -0.2) is 41.6 Å². The van der Waals surface area contributed by atoms with Gasteiger partial charge in [0.05, 0.1) is 25.1 Å². The van der Waals surface area contributed by atoms with Crippen molar-refractivity contribution in [2.75, 3.05) is 25.9 Å². The highest BCUT2D eigenvalue weighted by molar-refractivity contribution is 7.99. The number of nitrogens with zero attached hydrogens (tertiary/aromatic N) is 2. The van der Waals surface area contributed by atoms with E-state index in [2.05, 4.69) is 19.2 Å². The van der Waals surface area contributed by atoms with Crippen molar-refractivity contribution in [1.82, 2.24) is 14.9 Å². The van der Waals surface area contributed by atoms with Crippen LogP contribution < -0.4 is 11.1 Å². The molecule has 9 nitrogen and oxygen atoms in total. The Balaban J connectivity index is 1.79. The zero-order chi connectivity index (χ0) is 30.0. The van der Waals surface area contributed by atoms with E-state index in [-0.39, 0.29) is 12.5 Å². The van der Waals surface area contributed by atoms with Gasteiger partial charge in [-0.15, -0.1) is 0 Å². The Morgan fingerprint density at radius 3 is 2.24 bits per heavy atom. The molecule has 3 N–H and O–H groups in total. The molecule has 41 heavy (non-hydrogen) atoms. The third-order valence-electron chi connectivity index (χ3n) is 5.87. The highest BCUT2D eigenvalue weighted by Gasteiger charge is 2.23. The summed E-state index contributed by atoms with van der Waals surface area (Å²) in [6.45, 7) is 9.96. The van der Waals surface area contributed by atoms with Crippen LogP contribution in [0.2, 0.25) is 10.0 Å². The number of halogens is 2. The van der Waals surface area contributed by atoms with Gasteiger partial charge in [-0.05, 0) is 49.1 Å². The molecule has 0 atom stereocenters. The Morgan fingerprint density at radius 1 is 1.07 bits per heavy atom. The van der Waals surface area contributed by atoms with Crippen molar-refractivity contribution in [1.29, 1.82) is 0 Å². The molecule has 13 heteroatoms. The van der Waals surface area contributed by atoms with Gasteiger partial charge >= 0.3 is 13.7 Å². The van der Waals surface area contributed by atoms with E-state index in [1.807, 2.05) is 41.0 Å². The van der Waals surface area contributed by atoms with Crippen molar-refractivity contribution in [2.24, 2.45) is 5.73 Å². The SMILES string of the molecule is CCOP(=O)(CCNCc1ccc(Cn2c(COC(N)=O)nc(C(C)C)c2Sc2cc(Cl)cc(Cl)c2)cc1)OCC. The van der Waals surface area contributed by atoms with E-state index < -0.39 is 13.7 Å². The maximum Gasteiger partial charge on any atom is 0.404 e. The van der Waals surface area contributed by atoms with E-state index in [0.717, 1.165) is 26.7 Å². The molecule has 0 aliphatic carbocycles. The van der Waals surface area contributed by atoms with Gasteiger partial charge in [0.15, 0.2) is 6.61 Å². The van der Waals surface area contributed by atoms with Gasteiger partial charge in [-0.2, -0.15) is 0 Å². The summed E-state index contributed by atoms with van der Waals surface area (Å²) in [6.07, 6.45) is -0.558. The second kappa shape index (κ2) is 16.0. The zero-order valence-corrected chi connectivity index (χ0v) is 26.9. The van der Waals surface area contributed by atoms with E-state index >= 15 is 0 Å². The molecule has 1 heterocycles. The van der Waals surface area contributed by atoms with E-state index in [9.17, 15) is 9.36 Å². The lowest BCUT2D eigenvalue weighted by atomic mass is 10.1. The van der Waals surface area contributed by atoms with Gasteiger partial charge in [-0.25, -0.2) is 9.78 Å². The first-order valence-corrected chi connectivity index (χ1v) is 16.7. The Bertz CT molecular complexity index is 1320. The maximum absolute atomic E-state index is 12.6. The third kappa shape index (κ3) is 10.3. The van der Waals surface area contributed by atoms with Crippen LogP contribution >= 0.6 is 42.6 Å². The molecular formula is C28H37Cl2N4O5PS. The summed E-state index contributed by atoms with van der Waals surface area (Å²) in [5.74, 6) is 0.692. The number of carbonyl (C=O) groups is 1. The van der Waals surface area contributed by atoms with Crippen LogP contribution in [-0.2, 0) is 38.0 Å². The number of aromatic nitrogens is 2. The fourth-order valence-electron chi connectivity index (χ4n) is 4.05. The minimum absolute atomic E-state index is 0.0543. The molecule has 3 aromatic rings. The largest absolute Gasteiger partial charge is 0.442 e. The number of hydrogen-bond donors (Lipinski definition) is 2. The summed E-state index contributed by atoms with van der Waals surface area (Å²) >= 11 is 14.0. The molecule has 0 saturated heterocycles. The number of primary amides is 1. The summed E-state index contributed by atoms with van der Waals surface area (Å²) in [6, 6.07) is 13.5. The highest BCUT2D eigenvalue weighted by atomic mass is 35.5. The number of rotatable bonds is 16. The number of hydrogen-bond acceptors (Lipinski definition) is 8. The molecule has 224 valence electrons. The number of benzene rings is 2. The van der Waals surface area contributed by atoms with Crippen LogP contribution in [0, 0.1) is 0 Å². The minimum Gasteiger partial charge on any atom is -0.442 e. The molecule has 3 rings (SSSR count). The van der Waals surface area contributed by atoms with Crippen LogP contribution in [0.25, 0.3) is 0 Å². The van der Waals surface area contributed by atoms with Gasteiger partial charge in [0, 0.05) is 34.6 Å². The smallest absolute Gasteiger partial charge is 0.404 e. The molecule has 2 aromatic carbocycles. The number of ether oxygens (including phenoxy) is 1. The molecule has 0 radical (unpaired) electrons. The summed E-state index contributed by atoms with van der Waals surface area (Å²) in [5.41, 5.74) is 8.23. The van der Waals surface area contributed by atoms with Crippen molar-refractivity contribution in [2.45, 2.75) is 63.2 Å². The predicted octanol–water partition coefficient (Wildman–Crippen LogP) is 7.46. The quantitative estimate of drug-likeness (QED) is 0.122. The minimum atomic E-state index is -3.07. The fourth-order valence-corrected chi connectivity index (χ4v) is 7.52. The van der Waals surface area contributed by atoms with Gasteiger partial charge < -0.3 is 29.4 Å². The molecule has 0 spiro atoms. The van der Waals surface area contributed by atoms with E-state index in [0.29, 0.717) is 54.9 Å². The molecule has 0 unspecified atom stereocenters. The standard InChI is InChI=1S/C28H37Cl2N4O5PS/c1-5-38-40(36,39-6-2)12-11-32-16-20-7-9-21(10-8-20)17-34-25(18-37-28(31)35)33-26(19(3)4)27(34)41-24-14-22(29)13-23(30)15-24/h7-10,13-15,19,32H,5-6,11-12,16-18H2,1-4H3,(H2,31,35). The summed E-state index contributed by atoms with van der Waals surface area (Å²) < 4.78 is 30.5. The molecule has 1 aromatic heterocycles. The van der Waals surface area contributed by atoms with Gasteiger partial charge in [-0.1, -0.05) is 73.1 Å². The van der Waals surface area contributed by atoms with Gasteiger partial charge in [0.25, 0.3) is 0 Å². The highest BCUT2D eigenvalue weighted by Crippen LogP contribution is 2.47. The van der Waals surface area contributed by atoms with Crippen molar-refractivity contribution >= 4 is 48.7 Å². The second-order valence-corrected chi connectivity index (χ2v) is 13.6. The van der Waals surface area contributed by atoms with E-state index in [1.165, 1.54) is 11.8 Å². The van der Waals surface area contributed by atoms with Gasteiger partial charge in [0.2, 0.25) is 0 Å². The fraction of sp³-hybridized carbons (Fsp3) is 0.429. The number of imidazole rings is 1. The van der Waals surface area contributed by atoms with Crippen molar-refractivity contribution < 1.29 is 23.1 Å². The molecule has 0 aliphatic heterocycles. The Kier molecular flexibility index (Phi) is 13.0. The molecule has 0 fully saturated rings. The second-order valence-electron chi connectivity index (χ2n) is 9.44. The van der Waals surface area contributed by atoms with Crippen LogP contribution in [0.1, 0.15) is 56.3 Å². The summed E-state index contributed by atoms with van der Waals surface area (Å²) in [5, 5.41) is 5.29. The van der Waals surface area contributed by atoms with Crippen LogP contribution in [0.5, 0.6) is 0 Å². The number of carbonyl (C=O) groups excluding carboxylic acids is 1. The first kappa shape index (κ1) is 33.5. The van der Waals surface area contributed by atoms with Crippen LogP contribution in [0.15, 0.2) is 52.4 Å². The number of amides is 1. The molecule has 1 amide bonds. The van der Waals surface area contributed by atoms with Crippen molar-refractivity contribution in [3.8, 4) is 0 Å². The van der Waals surface area contributed by atoms with E-state index in [4.69, 9.17) is 47.7 Å². The topological polar surface area (TPSA) is 118 Å². The molecule has 0 saturated carbocycles. The Hall–Kier alpha value is -2.04. The molecular weight excluding hydrogens is 606 g/mol. The number of nitrogens with two attached hydrogens (primary N) is 1. The molecule has 0 aliphatic rings. The number of nitrogens with one attached hydrogen (secondary N) is 1. The average Bonchev–Trinajstić information content (AvgIpc) is 3.23. The first-order valence-electron chi connectivity index (χ1n) is 13.4. The lowest BCUT2D eigenvalue weighted by Gasteiger charge is -2.17. The molecule has 0 bridgehead atoms. The Labute approximate surface area is 256 Å². The average molecular weight is 644 g/mol. The van der Waals surface area contributed by atoms with Gasteiger partial charge in [-0.3, -0.25) is 4.57 Å². The Morgan fingerprint density at radius 2 is 1.68 bits per heavy atom. The first-order chi connectivity index (χ1) is 19.5. The summed E-state index contributed by atoms with van der Waals surface area (Å²) in [4.78, 5) is 17.1. The normalized spacial score (nSPS) is 11.8. The van der Waals surface area contributed by atoms with Crippen molar-refractivity contribution in [3.63, 3.8) is 0 Å². The van der Waals surface area contributed by atoms with Crippen LogP contribution in [0.4, 0.5) is 4.79 Å². The van der Waals surface area contributed by atoms with Gasteiger partial charge in [0.1, 0.15) is 10.9 Å².